The number of nitrogens with zero attached hydrogens (tertiary/aromatic N) is 1. The summed E-state index contributed by atoms with van der Waals surface area (Å²) in [7, 11) is 0. The Morgan fingerprint density at radius 1 is 1.38 bits per heavy atom. The van der Waals surface area contributed by atoms with Crippen molar-refractivity contribution >= 4 is 17.3 Å². The largest absolute Gasteiger partial charge is 0.464 e. The average Bonchev–Trinajstić information content (AvgIpc) is 2.84. The van der Waals surface area contributed by atoms with E-state index >= 15 is 0 Å². The first-order chi connectivity index (χ1) is 9.90. The van der Waals surface area contributed by atoms with Gasteiger partial charge in [-0.3, -0.25) is 14.9 Å². The third kappa shape index (κ3) is 3.02. The topological polar surface area (TPSA) is 111 Å². The highest BCUT2D eigenvalue weighted by atomic mass is 16.6. The highest BCUT2D eigenvalue weighted by Gasteiger charge is 2.24. The van der Waals surface area contributed by atoms with Gasteiger partial charge in [0.25, 0.3) is 5.91 Å². The molecule has 2 rings (SSSR count). The van der Waals surface area contributed by atoms with E-state index in [0.29, 0.717) is 5.76 Å². The van der Waals surface area contributed by atoms with Crippen molar-refractivity contribution in [3.05, 3.63) is 57.5 Å². The monoisotopic (exact) mass is 289 g/mol. The molecule has 1 unspecified atom stereocenters. The van der Waals surface area contributed by atoms with E-state index in [2.05, 4.69) is 5.32 Å². The Balaban J connectivity index is 2.25. The summed E-state index contributed by atoms with van der Waals surface area (Å²) in [6, 6.07) is 7.36. The molecule has 7 heteroatoms. The van der Waals surface area contributed by atoms with Crippen molar-refractivity contribution in [2.75, 3.05) is 5.73 Å². The first-order valence-corrected chi connectivity index (χ1v) is 6.30. The van der Waals surface area contributed by atoms with Crippen LogP contribution in [0.25, 0.3) is 0 Å². The van der Waals surface area contributed by atoms with Gasteiger partial charge in [0.1, 0.15) is 22.8 Å². The van der Waals surface area contributed by atoms with Crippen molar-refractivity contribution < 1.29 is 14.1 Å². The number of amides is 1. The first-order valence-electron chi connectivity index (χ1n) is 6.30. The van der Waals surface area contributed by atoms with E-state index in [1.54, 1.807) is 26.0 Å². The molecule has 110 valence electrons. The number of para-hydroxylation sites is 1. The molecule has 0 aliphatic carbocycles. The van der Waals surface area contributed by atoms with Crippen LogP contribution in [-0.2, 0) is 0 Å². The van der Waals surface area contributed by atoms with Gasteiger partial charge in [0.2, 0.25) is 0 Å². The molecule has 0 radical (unpaired) electrons. The van der Waals surface area contributed by atoms with Crippen LogP contribution in [0.5, 0.6) is 0 Å². The molecule has 0 saturated heterocycles. The molecule has 2 aromatic rings. The molecule has 0 spiro atoms. The van der Waals surface area contributed by atoms with Gasteiger partial charge in [0.05, 0.1) is 11.0 Å². The Morgan fingerprint density at radius 3 is 2.67 bits per heavy atom. The van der Waals surface area contributed by atoms with E-state index in [1.165, 1.54) is 18.2 Å². The summed E-state index contributed by atoms with van der Waals surface area (Å²) < 4.78 is 5.41. The molecule has 0 saturated carbocycles. The molecular formula is C14H15N3O4. The minimum atomic E-state index is -0.661. The normalized spacial score (nSPS) is 11.9. The van der Waals surface area contributed by atoms with Crippen LogP contribution in [0, 0.1) is 17.0 Å². The van der Waals surface area contributed by atoms with Gasteiger partial charge < -0.3 is 15.5 Å². The van der Waals surface area contributed by atoms with Crippen LogP contribution in [0.3, 0.4) is 0 Å². The second-order valence-electron chi connectivity index (χ2n) is 4.64. The fourth-order valence-corrected chi connectivity index (χ4v) is 1.98. The number of hydrogen-bond acceptors (Lipinski definition) is 5. The Labute approximate surface area is 120 Å². The van der Waals surface area contributed by atoms with Gasteiger partial charge >= 0.3 is 5.69 Å². The number of carbonyl (C=O) groups is 1. The summed E-state index contributed by atoms with van der Waals surface area (Å²) in [5.41, 5.74) is 5.05. The van der Waals surface area contributed by atoms with E-state index in [0.717, 1.165) is 5.76 Å². The zero-order valence-electron chi connectivity index (χ0n) is 11.6. The van der Waals surface area contributed by atoms with E-state index in [-0.39, 0.29) is 11.3 Å². The molecule has 1 aromatic heterocycles. The number of nitro groups is 1. The molecule has 0 bridgehead atoms. The predicted molar refractivity (Wildman–Crippen MR) is 76.8 cm³/mol. The third-order valence-electron chi connectivity index (χ3n) is 3.03. The number of benzene rings is 1. The molecule has 3 N–H and O–H groups in total. The van der Waals surface area contributed by atoms with E-state index < -0.39 is 22.6 Å². The number of nitrogens with two attached hydrogens (primary N) is 1. The number of anilines is 1. The summed E-state index contributed by atoms with van der Waals surface area (Å²) in [4.78, 5) is 22.6. The van der Waals surface area contributed by atoms with Gasteiger partial charge in [0, 0.05) is 0 Å². The number of aryl methyl sites for hydroxylation is 1. The molecule has 0 aliphatic rings. The maximum absolute atomic E-state index is 12.2. The summed E-state index contributed by atoms with van der Waals surface area (Å²) in [5, 5.41) is 13.7. The molecule has 21 heavy (non-hydrogen) atoms. The lowest BCUT2D eigenvalue weighted by Crippen LogP contribution is -2.27. The van der Waals surface area contributed by atoms with Crippen LogP contribution in [0.1, 0.15) is 34.8 Å². The molecule has 1 aromatic carbocycles. The standard InChI is InChI=1S/C14H15N3O4/c1-8-6-7-12(21-8)9(2)16-14(18)10-4-3-5-11(15)13(10)17(19)20/h3-7,9H,15H2,1-2H3,(H,16,18). The lowest BCUT2D eigenvalue weighted by atomic mass is 10.1. The zero-order chi connectivity index (χ0) is 15.6. The van der Waals surface area contributed by atoms with Crippen LogP contribution < -0.4 is 11.1 Å². The van der Waals surface area contributed by atoms with E-state index in [1.807, 2.05) is 0 Å². The van der Waals surface area contributed by atoms with Gasteiger partial charge in [-0.15, -0.1) is 0 Å². The lowest BCUT2D eigenvalue weighted by molar-refractivity contribution is -0.384. The maximum Gasteiger partial charge on any atom is 0.304 e. The van der Waals surface area contributed by atoms with E-state index in [4.69, 9.17) is 10.2 Å². The first kappa shape index (κ1) is 14.6. The molecule has 1 amide bonds. The Hall–Kier alpha value is -2.83. The molecule has 1 heterocycles. The van der Waals surface area contributed by atoms with Crippen molar-refractivity contribution in [3.63, 3.8) is 0 Å². The summed E-state index contributed by atoms with van der Waals surface area (Å²) >= 11 is 0. The van der Waals surface area contributed by atoms with Crippen molar-refractivity contribution in [2.45, 2.75) is 19.9 Å². The minimum Gasteiger partial charge on any atom is -0.464 e. The molecule has 0 aliphatic heterocycles. The van der Waals surface area contributed by atoms with Gasteiger partial charge in [-0.25, -0.2) is 0 Å². The number of nitrogen functional groups attached to an aromatic ring is 1. The number of rotatable bonds is 4. The van der Waals surface area contributed by atoms with Crippen molar-refractivity contribution in [2.24, 2.45) is 0 Å². The zero-order valence-corrected chi connectivity index (χ0v) is 11.6. The molecule has 7 nitrogen and oxygen atoms in total. The third-order valence-corrected chi connectivity index (χ3v) is 3.03. The lowest BCUT2D eigenvalue weighted by Gasteiger charge is -2.12. The van der Waals surface area contributed by atoms with Crippen molar-refractivity contribution in [3.8, 4) is 0 Å². The van der Waals surface area contributed by atoms with Crippen LogP contribution in [0.4, 0.5) is 11.4 Å². The smallest absolute Gasteiger partial charge is 0.304 e. The maximum atomic E-state index is 12.2. The summed E-state index contributed by atoms with van der Waals surface area (Å²) in [6.45, 7) is 3.52. The second kappa shape index (κ2) is 5.66. The van der Waals surface area contributed by atoms with Crippen molar-refractivity contribution in [1.29, 1.82) is 0 Å². The Kier molecular flexibility index (Phi) is 3.93. The second-order valence-corrected chi connectivity index (χ2v) is 4.64. The van der Waals surface area contributed by atoms with Gasteiger partial charge in [-0.2, -0.15) is 0 Å². The van der Waals surface area contributed by atoms with Gasteiger partial charge in [0.15, 0.2) is 0 Å². The number of carbonyl (C=O) groups excluding carboxylic acids is 1. The Morgan fingerprint density at radius 2 is 2.10 bits per heavy atom. The SMILES string of the molecule is Cc1ccc(C(C)NC(=O)c2cccc(N)c2[N+](=O)[O-])o1. The summed E-state index contributed by atoms with van der Waals surface area (Å²) in [6.07, 6.45) is 0. The minimum absolute atomic E-state index is 0.0471. The van der Waals surface area contributed by atoms with Crippen LogP contribution in [0.15, 0.2) is 34.7 Å². The number of hydrogen-bond donors (Lipinski definition) is 2. The van der Waals surface area contributed by atoms with Crippen molar-refractivity contribution in [1.82, 2.24) is 5.32 Å². The average molecular weight is 289 g/mol. The van der Waals surface area contributed by atoms with Crippen LogP contribution in [0.2, 0.25) is 0 Å². The predicted octanol–water partition coefficient (Wildman–Crippen LogP) is 2.57. The molecular weight excluding hydrogens is 274 g/mol. The quantitative estimate of drug-likeness (QED) is 0.510. The van der Waals surface area contributed by atoms with Crippen LogP contribution >= 0.6 is 0 Å². The summed E-state index contributed by atoms with van der Waals surface area (Å²) in [5.74, 6) is 0.726. The number of furan rings is 1. The highest BCUT2D eigenvalue weighted by molar-refractivity contribution is 6.00. The molecule has 1 atom stereocenters. The highest BCUT2D eigenvalue weighted by Crippen LogP contribution is 2.26. The van der Waals surface area contributed by atoms with Crippen LogP contribution in [-0.4, -0.2) is 10.8 Å². The number of nitrogens with one attached hydrogen (secondary N) is 1. The molecule has 0 fully saturated rings. The fourth-order valence-electron chi connectivity index (χ4n) is 1.98. The fraction of sp³-hybridized carbons (Fsp3) is 0.214. The van der Waals surface area contributed by atoms with E-state index in [9.17, 15) is 14.9 Å². The number of nitro benzene ring substituents is 1. The van der Waals surface area contributed by atoms with Gasteiger partial charge in [-0.05, 0) is 38.1 Å². The van der Waals surface area contributed by atoms with Gasteiger partial charge in [-0.1, -0.05) is 6.07 Å². The Bertz CT molecular complexity index is 693.